The fourth-order valence-electron chi connectivity index (χ4n) is 2.76. The summed E-state index contributed by atoms with van der Waals surface area (Å²) in [6, 6.07) is 2.00. The Labute approximate surface area is 103 Å². The van der Waals surface area contributed by atoms with Gasteiger partial charge >= 0.3 is 0 Å². The molecule has 0 amide bonds. The van der Waals surface area contributed by atoms with Gasteiger partial charge in [-0.25, -0.2) is 4.98 Å². The molecule has 92 valence electrons. The normalized spacial score (nSPS) is 17.8. The Morgan fingerprint density at radius 3 is 3.06 bits per heavy atom. The van der Waals surface area contributed by atoms with Gasteiger partial charge in [0.15, 0.2) is 11.3 Å². The van der Waals surface area contributed by atoms with E-state index in [1.54, 1.807) is 6.33 Å². The van der Waals surface area contributed by atoms with Crippen LogP contribution in [0.5, 0.6) is 0 Å². The van der Waals surface area contributed by atoms with E-state index in [0.29, 0.717) is 5.92 Å². The highest BCUT2D eigenvalue weighted by Gasteiger charge is 2.21. The predicted molar refractivity (Wildman–Crippen MR) is 67.5 cm³/mol. The number of rotatable bonds is 1. The highest BCUT2D eigenvalue weighted by Crippen LogP contribution is 2.28. The van der Waals surface area contributed by atoms with Gasteiger partial charge in [0.25, 0.3) is 0 Å². The first-order valence-electron chi connectivity index (χ1n) is 6.31. The number of hydrogen-bond acceptors (Lipinski definition) is 4. The molecule has 0 saturated carbocycles. The topological polar surface area (TPSA) is 70.9 Å². The summed E-state index contributed by atoms with van der Waals surface area (Å²) in [6.07, 6.45) is 5.89. The molecule has 1 fully saturated rings. The number of nitrogens with zero attached hydrogens (tertiary/aromatic N) is 4. The summed E-state index contributed by atoms with van der Waals surface area (Å²) in [5, 5.41) is 11.6. The molecule has 0 atom stereocenters. The van der Waals surface area contributed by atoms with Crippen LogP contribution in [0.1, 0.15) is 24.5 Å². The highest BCUT2D eigenvalue weighted by molar-refractivity contribution is 5.75. The molecule has 0 spiro atoms. The molecule has 3 aromatic rings. The summed E-state index contributed by atoms with van der Waals surface area (Å²) < 4.78 is 2.02. The van der Waals surface area contributed by atoms with Crippen LogP contribution in [-0.2, 0) is 0 Å². The van der Waals surface area contributed by atoms with Crippen molar-refractivity contribution in [2.75, 3.05) is 13.1 Å². The first-order valence-corrected chi connectivity index (χ1v) is 6.31. The second-order valence-electron chi connectivity index (χ2n) is 4.76. The van der Waals surface area contributed by atoms with Crippen molar-refractivity contribution in [3.63, 3.8) is 0 Å². The standard InChI is InChI=1S/C12H14N6/c1-4-13-5-2-8(1)10-12-17-15-7-18(12)9-3-6-14-11(9)16-10/h3,6-8,13-14H,1-2,4-5H2. The molecule has 2 N–H and O–H groups in total. The van der Waals surface area contributed by atoms with Crippen molar-refractivity contribution in [3.8, 4) is 0 Å². The van der Waals surface area contributed by atoms with Crippen molar-refractivity contribution in [3.05, 3.63) is 24.3 Å². The second-order valence-corrected chi connectivity index (χ2v) is 4.76. The minimum atomic E-state index is 0.477. The second kappa shape index (κ2) is 3.78. The number of nitrogens with one attached hydrogen (secondary N) is 2. The zero-order valence-corrected chi connectivity index (χ0v) is 9.93. The Morgan fingerprint density at radius 2 is 2.17 bits per heavy atom. The van der Waals surface area contributed by atoms with Crippen LogP contribution in [0.25, 0.3) is 16.8 Å². The smallest absolute Gasteiger partial charge is 0.183 e. The Hall–Kier alpha value is -1.95. The number of fused-ring (bicyclic) bond motifs is 3. The van der Waals surface area contributed by atoms with Crippen molar-refractivity contribution < 1.29 is 0 Å². The Kier molecular flexibility index (Phi) is 2.10. The van der Waals surface area contributed by atoms with E-state index in [1.165, 1.54) is 0 Å². The van der Waals surface area contributed by atoms with E-state index >= 15 is 0 Å². The quantitative estimate of drug-likeness (QED) is 0.669. The van der Waals surface area contributed by atoms with E-state index in [4.69, 9.17) is 4.98 Å². The lowest BCUT2D eigenvalue weighted by Gasteiger charge is -2.22. The number of piperidine rings is 1. The van der Waals surface area contributed by atoms with Gasteiger partial charge in [0, 0.05) is 12.1 Å². The molecule has 4 heterocycles. The molecule has 6 nitrogen and oxygen atoms in total. The molecule has 0 bridgehead atoms. The van der Waals surface area contributed by atoms with Crippen LogP contribution in [0.15, 0.2) is 18.6 Å². The summed E-state index contributed by atoms with van der Waals surface area (Å²) in [5.74, 6) is 0.477. The van der Waals surface area contributed by atoms with Gasteiger partial charge in [-0.1, -0.05) is 0 Å². The summed E-state index contributed by atoms with van der Waals surface area (Å²) in [4.78, 5) is 7.93. The maximum Gasteiger partial charge on any atom is 0.183 e. The summed E-state index contributed by atoms with van der Waals surface area (Å²) >= 11 is 0. The van der Waals surface area contributed by atoms with Crippen LogP contribution in [-0.4, -0.2) is 37.7 Å². The molecule has 6 heteroatoms. The average Bonchev–Trinajstić information content (AvgIpc) is 3.06. The van der Waals surface area contributed by atoms with Crippen LogP contribution in [0, 0.1) is 0 Å². The first-order chi connectivity index (χ1) is 8.93. The van der Waals surface area contributed by atoms with Gasteiger partial charge in [-0.2, -0.15) is 0 Å². The van der Waals surface area contributed by atoms with E-state index < -0.39 is 0 Å². The number of H-pyrrole nitrogens is 1. The van der Waals surface area contributed by atoms with Crippen LogP contribution >= 0.6 is 0 Å². The maximum atomic E-state index is 4.75. The number of aromatic amines is 1. The van der Waals surface area contributed by atoms with Crippen LogP contribution in [0.3, 0.4) is 0 Å². The minimum absolute atomic E-state index is 0.477. The van der Waals surface area contributed by atoms with Crippen molar-refractivity contribution in [1.82, 2.24) is 29.9 Å². The van der Waals surface area contributed by atoms with Gasteiger partial charge in [-0.05, 0) is 32.0 Å². The zero-order chi connectivity index (χ0) is 11.9. The van der Waals surface area contributed by atoms with Crippen LogP contribution in [0.4, 0.5) is 0 Å². The van der Waals surface area contributed by atoms with Crippen LogP contribution in [0.2, 0.25) is 0 Å². The van der Waals surface area contributed by atoms with E-state index in [9.17, 15) is 0 Å². The Morgan fingerprint density at radius 1 is 1.28 bits per heavy atom. The average molecular weight is 242 g/mol. The Bertz CT molecular complexity index is 691. The maximum absolute atomic E-state index is 4.75. The first kappa shape index (κ1) is 10.0. The van der Waals surface area contributed by atoms with Crippen molar-refractivity contribution in [1.29, 1.82) is 0 Å². The van der Waals surface area contributed by atoms with Gasteiger partial charge < -0.3 is 10.3 Å². The van der Waals surface area contributed by atoms with Gasteiger partial charge in [0.1, 0.15) is 6.33 Å². The highest BCUT2D eigenvalue weighted by atomic mass is 15.2. The fraction of sp³-hybridized carbons (Fsp3) is 0.417. The monoisotopic (exact) mass is 242 g/mol. The Balaban J connectivity index is 1.97. The fourth-order valence-corrected chi connectivity index (χ4v) is 2.76. The van der Waals surface area contributed by atoms with E-state index in [-0.39, 0.29) is 0 Å². The van der Waals surface area contributed by atoms with Gasteiger partial charge in [0.05, 0.1) is 11.2 Å². The molecule has 4 rings (SSSR count). The van der Waals surface area contributed by atoms with Gasteiger partial charge in [0.2, 0.25) is 0 Å². The summed E-state index contributed by atoms with van der Waals surface area (Å²) in [5.41, 5.74) is 3.92. The van der Waals surface area contributed by atoms with E-state index in [2.05, 4.69) is 20.5 Å². The lowest BCUT2D eigenvalue weighted by molar-refractivity contribution is 0.455. The number of hydrogen-bond donors (Lipinski definition) is 2. The minimum Gasteiger partial charge on any atom is -0.345 e. The SMILES string of the molecule is c1cc2c(nc(C3CCNCC3)c3nncn32)[nH]1. The molecule has 0 aliphatic carbocycles. The summed E-state index contributed by atoms with van der Waals surface area (Å²) in [6.45, 7) is 2.10. The molecule has 0 radical (unpaired) electrons. The molecule has 1 saturated heterocycles. The van der Waals surface area contributed by atoms with Gasteiger partial charge in [-0.3, -0.25) is 4.40 Å². The van der Waals surface area contributed by atoms with E-state index in [1.807, 2.05) is 16.7 Å². The van der Waals surface area contributed by atoms with Crippen molar-refractivity contribution in [2.45, 2.75) is 18.8 Å². The molecule has 1 aliphatic heterocycles. The third kappa shape index (κ3) is 1.35. The molecular weight excluding hydrogens is 228 g/mol. The van der Waals surface area contributed by atoms with E-state index in [0.717, 1.165) is 48.4 Å². The lowest BCUT2D eigenvalue weighted by atomic mass is 9.94. The third-order valence-electron chi connectivity index (χ3n) is 3.70. The lowest BCUT2D eigenvalue weighted by Crippen LogP contribution is -2.27. The largest absolute Gasteiger partial charge is 0.345 e. The number of aromatic nitrogens is 5. The van der Waals surface area contributed by atoms with Crippen molar-refractivity contribution in [2.24, 2.45) is 0 Å². The molecule has 1 aliphatic rings. The molecular formula is C12H14N6. The molecule has 0 aromatic carbocycles. The zero-order valence-electron chi connectivity index (χ0n) is 9.93. The van der Waals surface area contributed by atoms with Crippen LogP contribution < -0.4 is 5.32 Å². The molecule has 3 aromatic heterocycles. The predicted octanol–water partition coefficient (Wildman–Crippen LogP) is 1.07. The third-order valence-corrected chi connectivity index (χ3v) is 3.70. The van der Waals surface area contributed by atoms with Crippen molar-refractivity contribution >= 4 is 16.8 Å². The molecule has 18 heavy (non-hydrogen) atoms. The van der Waals surface area contributed by atoms with Gasteiger partial charge in [-0.15, -0.1) is 10.2 Å². The molecule has 0 unspecified atom stereocenters. The summed E-state index contributed by atoms with van der Waals surface area (Å²) in [7, 11) is 0.